The van der Waals surface area contributed by atoms with Gasteiger partial charge >= 0.3 is 0 Å². The first-order chi connectivity index (χ1) is 9.13. The second-order valence-corrected chi connectivity index (χ2v) is 5.42. The van der Waals surface area contributed by atoms with Crippen LogP contribution in [0, 0.1) is 0 Å². The van der Waals surface area contributed by atoms with Crippen molar-refractivity contribution in [3.8, 4) is 0 Å². The van der Waals surface area contributed by atoms with Crippen LogP contribution in [0.15, 0.2) is 34.9 Å². The SMILES string of the molecule is CCCC1(N)CN(C(=O)c2coc3ccccc23)C1. The molecule has 0 aliphatic carbocycles. The predicted octanol–water partition coefficient (Wildman–Crippen LogP) is 2.39. The molecular weight excluding hydrogens is 240 g/mol. The summed E-state index contributed by atoms with van der Waals surface area (Å²) in [4.78, 5) is 14.2. The summed E-state index contributed by atoms with van der Waals surface area (Å²) in [7, 11) is 0. The normalized spacial score (nSPS) is 17.5. The van der Waals surface area contributed by atoms with Crippen LogP contribution in [0.2, 0.25) is 0 Å². The molecule has 1 amide bonds. The lowest BCUT2D eigenvalue weighted by atomic mass is 9.86. The third kappa shape index (κ3) is 2.02. The van der Waals surface area contributed by atoms with E-state index in [0.29, 0.717) is 18.7 Å². The number of carbonyl (C=O) groups excluding carboxylic acids is 1. The van der Waals surface area contributed by atoms with E-state index in [0.717, 1.165) is 23.8 Å². The van der Waals surface area contributed by atoms with E-state index in [1.54, 1.807) is 11.2 Å². The van der Waals surface area contributed by atoms with E-state index in [2.05, 4.69) is 6.92 Å². The zero-order chi connectivity index (χ0) is 13.5. The first kappa shape index (κ1) is 12.2. The fourth-order valence-electron chi connectivity index (χ4n) is 2.83. The van der Waals surface area contributed by atoms with Crippen LogP contribution in [0.3, 0.4) is 0 Å². The number of nitrogens with two attached hydrogens (primary N) is 1. The second-order valence-electron chi connectivity index (χ2n) is 5.42. The second kappa shape index (κ2) is 4.38. The Kier molecular flexibility index (Phi) is 2.82. The van der Waals surface area contributed by atoms with Gasteiger partial charge in [-0.3, -0.25) is 4.79 Å². The molecule has 2 aromatic rings. The Morgan fingerprint density at radius 3 is 2.89 bits per heavy atom. The van der Waals surface area contributed by atoms with E-state index in [9.17, 15) is 4.79 Å². The Morgan fingerprint density at radius 2 is 2.16 bits per heavy atom. The lowest BCUT2D eigenvalue weighted by Crippen LogP contribution is -2.68. The number of para-hydroxylation sites is 1. The fourth-order valence-corrected chi connectivity index (χ4v) is 2.83. The summed E-state index contributed by atoms with van der Waals surface area (Å²) in [6, 6.07) is 7.59. The Balaban J connectivity index is 1.79. The third-order valence-corrected chi connectivity index (χ3v) is 3.76. The number of hydrogen-bond acceptors (Lipinski definition) is 3. The average molecular weight is 258 g/mol. The molecule has 2 N–H and O–H groups in total. The quantitative estimate of drug-likeness (QED) is 0.919. The Morgan fingerprint density at radius 1 is 1.42 bits per heavy atom. The van der Waals surface area contributed by atoms with Crippen molar-refractivity contribution in [1.82, 2.24) is 4.90 Å². The van der Waals surface area contributed by atoms with E-state index in [1.165, 1.54) is 0 Å². The number of furan rings is 1. The van der Waals surface area contributed by atoms with Crippen molar-refractivity contribution in [2.75, 3.05) is 13.1 Å². The van der Waals surface area contributed by atoms with Crippen LogP contribution in [-0.2, 0) is 0 Å². The Bertz CT molecular complexity index is 611. The largest absolute Gasteiger partial charge is 0.463 e. The highest BCUT2D eigenvalue weighted by molar-refractivity contribution is 6.06. The molecule has 0 atom stereocenters. The molecule has 1 aliphatic heterocycles. The van der Waals surface area contributed by atoms with Crippen LogP contribution in [0.25, 0.3) is 11.0 Å². The Labute approximate surface area is 112 Å². The highest BCUT2D eigenvalue weighted by atomic mass is 16.3. The van der Waals surface area contributed by atoms with Gasteiger partial charge in [0.05, 0.1) is 11.1 Å². The molecular formula is C15H18N2O2. The van der Waals surface area contributed by atoms with Gasteiger partial charge in [0, 0.05) is 18.5 Å². The molecule has 3 rings (SSSR count). The van der Waals surface area contributed by atoms with Gasteiger partial charge in [-0.15, -0.1) is 0 Å². The van der Waals surface area contributed by atoms with Gasteiger partial charge < -0.3 is 15.1 Å². The molecule has 4 nitrogen and oxygen atoms in total. The number of likely N-dealkylation sites (tertiary alicyclic amines) is 1. The van der Waals surface area contributed by atoms with Gasteiger partial charge in [0.1, 0.15) is 11.8 Å². The number of amides is 1. The van der Waals surface area contributed by atoms with Crippen molar-refractivity contribution in [1.29, 1.82) is 0 Å². The minimum absolute atomic E-state index is 0.0159. The molecule has 0 saturated carbocycles. The maximum absolute atomic E-state index is 12.4. The van der Waals surface area contributed by atoms with E-state index in [-0.39, 0.29) is 11.4 Å². The highest BCUT2D eigenvalue weighted by Gasteiger charge is 2.41. The van der Waals surface area contributed by atoms with Crippen molar-refractivity contribution in [2.24, 2.45) is 5.73 Å². The number of rotatable bonds is 3. The summed E-state index contributed by atoms with van der Waals surface area (Å²) in [5, 5.41) is 0.873. The van der Waals surface area contributed by atoms with Crippen LogP contribution in [-0.4, -0.2) is 29.4 Å². The topological polar surface area (TPSA) is 59.5 Å². The van der Waals surface area contributed by atoms with Crippen molar-refractivity contribution in [2.45, 2.75) is 25.3 Å². The van der Waals surface area contributed by atoms with Gasteiger partial charge in [-0.1, -0.05) is 31.5 Å². The summed E-state index contributed by atoms with van der Waals surface area (Å²) >= 11 is 0. The predicted molar refractivity (Wildman–Crippen MR) is 73.9 cm³/mol. The molecule has 100 valence electrons. The highest BCUT2D eigenvalue weighted by Crippen LogP contribution is 2.28. The van der Waals surface area contributed by atoms with Crippen LogP contribution < -0.4 is 5.73 Å². The van der Waals surface area contributed by atoms with Crippen LogP contribution in [0.5, 0.6) is 0 Å². The smallest absolute Gasteiger partial charge is 0.257 e. The molecule has 0 spiro atoms. The van der Waals surface area contributed by atoms with Crippen LogP contribution in [0.4, 0.5) is 0 Å². The first-order valence-electron chi connectivity index (χ1n) is 6.67. The minimum atomic E-state index is -0.191. The molecule has 4 heteroatoms. The van der Waals surface area contributed by atoms with Gasteiger partial charge in [-0.05, 0) is 12.5 Å². The minimum Gasteiger partial charge on any atom is -0.463 e. The van der Waals surface area contributed by atoms with Crippen molar-refractivity contribution < 1.29 is 9.21 Å². The molecule has 1 fully saturated rings. The van der Waals surface area contributed by atoms with E-state index < -0.39 is 0 Å². The Hall–Kier alpha value is -1.81. The molecule has 19 heavy (non-hydrogen) atoms. The summed E-state index contributed by atoms with van der Waals surface area (Å²) in [5.74, 6) is 0.0159. The molecule has 0 radical (unpaired) electrons. The maximum atomic E-state index is 12.4. The maximum Gasteiger partial charge on any atom is 0.257 e. The molecule has 2 heterocycles. The molecule has 1 aliphatic rings. The number of fused-ring (bicyclic) bond motifs is 1. The first-order valence-corrected chi connectivity index (χ1v) is 6.67. The lowest BCUT2D eigenvalue weighted by molar-refractivity contribution is 0.0387. The summed E-state index contributed by atoms with van der Waals surface area (Å²) in [6.07, 6.45) is 3.55. The van der Waals surface area contributed by atoms with Gasteiger partial charge in [0.2, 0.25) is 0 Å². The third-order valence-electron chi connectivity index (χ3n) is 3.76. The number of nitrogens with zero attached hydrogens (tertiary/aromatic N) is 1. The summed E-state index contributed by atoms with van der Waals surface area (Å²) in [5.41, 5.74) is 7.38. The summed E-state index contributed by atoms with van der Waals surface area (Å²) < 4.78 is 5.41. The molecule has 1 aromatic carbocycles. The average Bonchev–Trinajstić information content (AvgIpc) is 2.79. The lowest BCUT2D eigenvalue weighted by Gasteiger charge is -2.47. The number of carbonyl (C=O) groups is 1. The summed E-state index contributed by atoms with van der Waals surface area (Å²) in [6.45, 7) is 3.39. The number of benzene rings is 1. The zero-order valence-electron chi connectivity index (χ0n) is 11.1. The zero-order valence-corrected chi connectivity index (χ0v) is 11.1. The van der Waals surface area contributed by atoms with Gasteiger partial charge in [0.15, 0.2) is 0 Å². The van der Waals surface area contributed by atoms with Crippen molar-refractivity contribution in [3.05, 3.63) is 36.1 Å². The van der Waals surface area contributed by atoms with E-state index in [1.807, 2.05) is 24.3 Å². The van der Waals surface area contributed by atoms with Gasteiger partial charge in [0.25, 0.3) is 5.91 Å². The van der Waals surface area contributed by atoms with Crippen LogP contribution in [0.1, 0.15) is 30.1 Å². The molecule has 1 saturated heterocycles. The molecule has 1 aromatic heterocycles. The van der Waals surface area contributed by atoms with Gasteiger partial charge in [-0.25, -0.2) is 0 Å². The van der Waals surface area contributed by atoms with Crippen molar-refractivity contribution in [3.63, 3.8) is 0 Å². The fraction of sp³-hybridized carbons (Fsp3) is 0.400. The van der Waals surface area contributed by atoms with E-state index >= 15 is 0 Å². The van der Waals surface area contributed by atoms with Gasteiger partial charge in [-0.2, -0.15) is 0 Å². The number of hydrogen-bond donors (Lipinski definition) is 1. The molecule has 0 unspecified atom stereocenters. The van der Waals surface area contributed by atoms with Crippen molar-refractivity contribution >= 4 is 16.9 Å². The standard InChI is InChI=1S/C15H18N2O2/c1-2-7-15(16)9-17(10-15)14(18)12-8-19-13-6-4-3-5-11(12)13/h3-6,8H,2,7,9-10,16H2,1H3. The van der Waals surface area contributed by atoms with Crippen LogP contribution >= 0.6 is 0 Å². The monoisotopic (exact) mass is 258 g/mol. The molecule has 0 bridgehead atoms. The van der Waals surface area contributed by atoms with E-state index in [4.69, 9.17) is 10.2 Å².